The summed E-state index contributed by atoms with van der Waals surface area (Å²) in [5, 5.41) is 43.8. The van der Waals surface area contributed by atoms with E-state index in [4.69, 9.17) is 0 Å². The lowest BCUT2D eigenvalue weighted by Crippen LogP contribution is -2.65. The zero-order valence-corrected chi connectivity index (χ0v) is 15.9. The number of benzene rings is 1. The average molecular weight is 385 g/mol. The molecule has 4 rings (SSSR count). The first kappa shape index (κ1) is 18.9. The van der Waals surface area contributed by atoms with Crippen molar-refractivity contribution < 1.29 is 30.0 Å². The van der Waals surface area contributed by atoms with Gasteiger partial charge >= 0.3 is 0 Å². The Labute approximate surface area is 162 Å². The van der Waals surface area contributed by atoms with Gasteiger partial charge in [0.15, 0.2) is 11.4 Å². The Hall–Kier alpha value is -2.48. The van der Waals surface area contributed by atoms with E-state index in [2.05, 4.69) is 0 Å². The van der Waals surface area contributed by atoms with Crippen LogP contribution in [0.25, 0.3) is 5.76 Å². The van der Waals surface area contributed by atoms with Crippen LogP contribution in [0.4, 0.5) is 0 Å². The van der Waals surface area contributed by atoms with Gasteiger partial charge in [-0.15, -0.1) is 0 Å². The topological polar surface area (TPSA) is 118 Å². The molecule has 28 heavy (non-hydrogen) atoms. The summed E-state index contributed by atoms with van der Waals surface area (Å²) in [4.78, 5) is 27.5. The summed E-state index contributed by atoms with van der Waals surface area (Å²) in [6.07, 6.45) is 0.918. The van der Waals surface area contributed by atoms with E-state index in [1.54, 1.807) is 50.2 Å². The molecular weight excluding hydrogens is 362 g/mol. The first-order chi connectivity index (χ1) is 13.0. The second-order valence-electron chi connectivity index (χ2n) is 8.29. The van der Waals surface area contributed by atoms with Crippen LogP contribution >= 0.6 is 0 Å². The molecule has 0 aromatic heterocycles. The molecule has 0 spiro atoms. The largest absolute Gasteiger partial charge is 0.509 e. The molecule has 0 heterocycles. The minimum atomic E-state index is -2.33. The van der Waals surface area contributed by atoms with Crippen molar-refractivity contribution in [3.05, 3.63) is 52.8 Å². The third-order valence-electron chi connectivity index (χ3n) is 6.53. The van der Waals surface area contributed by atoms with Crippen LogP contribution in [0.15, 0.2) is 41.7 Å². The van der Waals surface area contributed by atoms with E-state index >= 15 is 0 Å². The van der Waals surface area contributed by atoms with Crippen LogP contribution in [0, 0.1) is 11.8 Å². The molecule has 1 aromatic carbocycles. The van der Waals surface area contributed by atoms with Gasteiger partial charge in [-0.3, -0.25) is 14.5 Å². The van der Waals surface area contributed by atoms with Gasteiger partial charge in [-0.05, 0) is 33.0 Å². The normalized spacial score (nSPS) is 37.4. The number of likely N-dealkylation sites (N-methyl/N-ethyl adjacent to an activating group) is 1. The van der Waals surface area contributed by atoms with Crippen molar-refractivity contribution in [2.45, 2.75) is 30.6 Å². The maximum absolute atomic E-state index is 13.4. The summed E-state index contributed by atoms with van der Waals surface area (Å²) in [6.45, 7) is 1.56. The molecule has 7 nitrogen and oxygen atoms in total. The van der Waals surface area contributed by atoms with Crippen LogP contribution in [0.3, 0.4) is 0 Å². The lowest BCUT2D eigenvalue weighted by atomic mass is 9.55. The number of hydrogen-bond acceptors (Lipinski definition) is 7. The van der Waals surface area contributed by atoms with Crippen molar-refractivity contribution in [2.75, 3.05) is 14.1 Å². The minimum absolute atomic E-state index is 0.0372. The number of rotatable bonds is 1. The average Bonchev–Trinajstić information content (AvgIpc) is 2.62. The number of aliphatic hydroxyl groups excluding tert-OH is 2. The maximum Gasteiger partial charge on any atom is 0.202 e. The molecule has 1 saturated carbocycles. The summed E-state index contributed by atoms with van der Waals surface area (Å²) in [5.41, 5.74) is -3.15. The molecule has 0 saturated heterocycles. The molecule has 1 fully saturated rings. The number of ketones is 2. The highest BCUT2D eigenvalue weighted by atomic mass is 16.3. The first-order valence-electron chi connectivity index (χ1n) is 9.16. The molecule has 3 aliphatic carbocycles. The van der Waals surface area contributed by atoms with Crippen LogP contribution in [0.1, 0.15) is 24.5 Å². The number of nitrogens with zero attached hydrogens (tertiary/aromatic N) is 1. The molecule has 5 atom stereocenters. The Kier molecular flexibility index (Phi) is 3.88. The Balaban J connectivity index is 1.98. The molecule has 0 bridgehead atoms. The van der Waals surface area contributed by atoms with E-state index in [1.807, 2.05) is 0 Å². The number of carbonyl (C=O) groups excluding carboxylic acids is 2. The summed E-state index contributed by atoms with van der Waals surface area (Å²) in [5.74, 6) is -4.13. The van der Waals surface area contributed by atoms with Gasteiger partial charge in [0.05, 0.1) is 11.6 Å². The molecule has 0 unspecified atom stereocenters. The monoisotopic (exact) mass is 385 g/mol. The number of carbonyl (C=O) groups is 2. The van der Waals surface area contributed by atoms with Crippen molar-refractivity contribution in [2.24, 2.45) is 11.8 Å². The van der Waals surface area contributed by atoms with Crippen molar-refractivity contribution in [1.29, 1.82) is 0 Å². The smallest absolute Gasteiger partial charge is 0.202 e. The predicted octanol–water partition coefficient (Wildman–Crippen LogP) is 1.07. The lowest BCUT2D eigenvalue weighted by molar-refractivity contribution is -0.157. The molecule has 0 amide bonds. The van der Waals surface area contributed by atoms with Crippen LogP contribution in [-0.2, 0) is 15.2 Å². The summed E-state index contributed by atoms with van der Waals surface area (Å²) in [7, 11) is 3.31. The third kappa shape index (κ3) is 2.15. The summed E-state index contributed by atoms with van der Waals surface area (Å²) < 4.78 is 0. The van der Waals surface area contributed by atoms with Gasteiger partial charge in [-0.2, -0.15) is 0 Å². The number of aliphatic hydroxyl groups is 4. The number of Topliss-reactive ketones (excluding diaryl/α,β-unsaturated/α-hetero) is 1. The SMILES string of the molecule is CN(C)[C@@H]1C(=O)C=C(O)[C@]2(O)C(=O)C3=C(O)c4ccccc4[C@](C)(O)[C@H]3C[C@H]12. The zero-order valence-electron chi connectivity index (χ0n) is 15.9. The highest BCUT2D eigenvalue weighted by Crippen LogP contribution is 2.55. The fourth-order valence-corrected chi connectivity index (χ4v) is 5.13. The van der Waals surface area contributed by atoms with Gasteiger partial charge in [-0.25, -0.2) is 0 Å². The second kappa shape index (κ2) is 5.76. The third-order valence-corrected chi connectivity index (χ3v) is 6.53. The van der Waals surface area contributed by atoms with E-state index < -0.39 is 46.4 Å². The van der Waals surface area contributed by atoms with E-state index in [9.17, 15) is 30.0 Å². The van der Waals surface area contributed by atoms with E-state index in [1.165, 1.54) is 0 Å². The quantitative estimate of drug-likeness (QED) is 0.571. The van der Waals surface area contributed by atoms with Crippen LogP contribution in [-0.4, -0.2) is 62.6 Å². The van der Waals surface area contributed by atoms with Gasteiger partial charge in [0.2, 0.25) is 5.78 Å². The molecule has 0 aliphatic heterocycles. The fraction of sp³-hybridized carbons (Fsp3) is 0.429. The highest BCUT2D eigenvalue weighted by molar-refractivity contribution is 6.13. The van der Waals surface area contributed by atoms with Gasteiger partial charge in [0.25, 0.3) is 0 Å². The van der Waals surface area contributed by atoms with E-state index in [0.29, 0.717) is 11.1 Å². The Bertz CT molecular complexity index is 959. The fourth-order valence-electron chi connectivity index (χ4n) is 5.13. The molecule has 148 valence electrons. The van der Waals surface area contributed by atoms with Crippen molar-refractivity contribution >= 4 is 17.3 Å². The van der Waals surface area contributed by atoms with Gasteiger partial charge in [-0.1, -0.05) is 24.3 Å². The summed E-state index contributed by atoms with van der Waals surface area (Å²) in [6, 6.07) is 5.83. The number of fused-ring (bicyclic) bond motifs is 3. The first-order valence-corrected chi connectivity index (χ1v) is 9.16. The Morgan fingerprint density at radius 2 is 1.75 bits per heavy atom. The second-order valence-corrected chi connectivity index (χ2v) is 8.29. The lowest BCUT2D eigenvalue weighted by Gasteiger charge is -2.52. The molecular formula is C21H23NO6. The molecule has 7 heteroatoms. The van der Waals surface area contributed by atoms with Crippen molar-refractivity contribution in [3.8, 4) is 0 Å². The Morgan fingerprint density at radius 1 is 1.11 bits per heavy atom. The zero-order chi connectivity index (χ0) is 20.6. The van der Waals surface area contributed by atoms with Crippen LogP contribution in [0.2, 0.25) is 0 Å². The van der Waals surface area contributed by atoms with E-state index in [-0.39, 0.29) is 17.8 Å². The predicted molar refractivity (Wildman–Crippen MR) is 100 cm³/mol. The van der Waals surface area contributed by atoms with Gasteiger partial charge in [0.1, 0.15) is 11.5 Å². The van der Waals surface area contributed by atoms with Gasteiger partial charge in [0, 0.05) is 29.0 Å². The molecule has 3 aliphatic rings. The van der Waals surface area contributed by atoms with Crippen LogP contribution < -0.4 is 0 Å². The van der Waals surface area contributed by atoms with Crippen LogP contribution in [0.5, 0.6) is 0 Å². The highest BCUT2D eigenvalue weighted by Gasteiger charge is 2.64. The summed E-state index contributed by atoms with van der Waals surface area (Å²) >= 11 is 0. The Morgan fingerprint density at radius 3 is 2.39 bits per heavy atom. The van der Waals surface area contributed by atoms with Gasteiger partial charge < -0.3 is 20.4 Å². The maximum atomic E-state index is 13.4. The standard InChI is InChI=1S/C21H23NO6/c1-20(27)11-7-5-4-6-10(11)18(25)16-12(20)8-13-17(22(2)3)14(23)9-15(24)21(13,28)19(16)26/h4-7,9,12-13,17,24-25,27-28H,8H2,1-3H3/t12-,13+,17-,20-,21-/m0/s1. The van der Waals surface area contributed by atoms with E-state index in [0.717, 1.165) is 6.08 Å². The molecule has 1 aromatic rings. The van der Waals surface area contributed by atoms with Crippen molar-refractivity contribution in [3.63, 3.8) is 0 Å². The minimum Gasteiger partial charge on any atom is -0.509 e. The molecule has 4 N–H and O–H groups in total. The molecule has 0 radical (unpaired) electrons. The van der Waals surface area contributed by atoms with Crippen molar-refractivity contribution in [1.82, 2.24) is 4.90 Å². The number of hydrogen-bond donors (Lipinski definition) is 4.